The number of hydrogen-bond donors (Lipinski definition) is 0. The number of allylic oxidation sites excluding steroid dienone is 10. The van der Waals surface area contributed by atoms with Crippen molar-refractivity contribution in [2.75, 3.05) is 6.54 Å². The molecule has 2 aromatic rings. The molecule has 1 heterocycles. The zero-order valence-electron chi connectivity index (χ0n) is 20.5. The summed E-state index contributed by atoms with van der Waals surface area (Å²) in [6.07, 6.45) is 25.6. The summed E-state index contributed by atoms with van der Waals surface area (Å²) in [7, 11) is 0. The monoisotopic (exact) mass is 473 g/mol. The van der Waals surface area contributed by atoms with Gasteiger partial charge in [-0.25, -0.2) is 0 Å². The first-order valence-corrected chi connectivity index (χ1v) is 12.8. The Morgan fingerprint density at radius 1 is 1.03 bits per heavy atom. The van der Waals surface area contributed by atoms with Crippen LogP contribution < -0.4 is 4.74 Å². The van der Waals surface area contributed by atoms with E-state index in [2.05, 4.69) is 48.6 Å². The lowest BCUT2D eigenvalue weighted by molar-refractivity contribution is 0.104. The summed E-state index contributed by atoms with van der Waals surface area (Å²) in [5.41, 5.74) is 6.55. The van der Waals surface area contributed by atoms with Gasteiger partial charge in [0, 0.05) is 24.1 Å². The van der Waals surface area contributed by atoms with E-state index in [4.69, 9.17) is 9.73 Å². The van der Waals surface area contributed by atoms with Crippen LogP contribution in [0.25, 0.3) is 0 Å². The van der Waals surface area contributed by atoms with Crippen LogP contribution >= 0.6 is 0 Å². The average molecular weight is 474 g/mol. The van der Waals surface area contributed by atoms with Crippen molar-refractivity contribution in [3.8, 4) is 5.75 Å². The van der Waals surface area contributed by atoms with Gasteiger partial charge in [0.25, 0.3) is 0 Å². The largest absolute Gasteiger partial charge is 0.486 e. The normalized spacial score (nSPS) is 19.4. The van der Waals surface area contributed by atoms with Gasteiger partial charge in [-0.3, -0.25) is 9.79 Å². The molecule has 0 saturated heterocycles. The molecule has 3 nitrogen and oxygen atoms in total. The minimum atomic E-state index is -0.0663. The number of carbonyl (C=O) groups is 1. The van der Waals surface area contributed by atoms with Crippen LogP contribution in [-0.4, -0.2) is 24.1 Å². The third-order valence-corrected chi connectivity index (χ3v) is 6.56. The fraction of sp³-hybridized carbons (Fsp3) is 0.212. The summed E-state index contributed by atoms with van der Waals surface area (Å²) in [6, 6.07) is 15.7. The van der Waals surface area contributed by atoms with Crippen LogP contribution in [0.3, 0.4) is 0 Å². The zero-order chi connectivity index (χ0) is 24.6. The van der Waals surface area contributed by atoms with Crippen LogP contribution in [0.2, 0.25) is 0 Å². The molecule has 2 aliphatic carbocycles. The first kappa shape index (κ1) is 23.7. The van der Waals surface area contributed by atoms with Gasteiger partial charge < -0.3 is 4.74 Å². The SMILES string of the molecule is O=C(/C=C/C1=CC=CC(Oc2ccc3c(c2)CCCN=C3/C=C/C2=CCCC=C2)C1)c1ccccc1. The van der Waals surface area contributed by atoms with E-state index in [1.165, 1.54) is 16.7 Å². The molecule has 0 amide bonds. The number of ketones is 1. The Hall–Kier alpha value is -3.98. The number of rotatable bonds is 7. The molecule has 1 atom stereocenters. The lowest BCUT2D eigenvalue weighted by Crippen LogP contribution is -2.16. The summed E-state index contributed by atoms with van der Waals surface area (Å²) in [4.78, 5) is 17.2. The first-order valence-electron chi connectivity index (χ1n) is 12.8. The second kappa shape index (κ2) is 11.6. The van der Waals surface area contributed by atoms with Gasteiger partial charge in [0.1, 0.15) is 11.9 Å². The van der Waals surface area contributed by atoms with Crippen LogP contribution in [-0.2, 0) is 6.42 Å². The molecule has 0 fully saturated rings. The van der Waals surface area contributed by atoms with Crippen LogP contribution in [0.5, 0.6) is 5.75 Å². The number of nitrogens with zero attached hydrogens (tertiary/aromatic N) is 1. The maximum absolute atomic E-state index is 12.4. The molecule has 1 aliphatic heterocycles. The molecule has 0 spiro atoms. The molecular weight excluding hydrogens is 442 g/mol. The lowest BCUT2D eigenvalue weighted by Gasteiger charge is -2.20. The van der Waals surface area contributed by atoms with Crippen molar-refractivity contribution >= 4 is 11.5 Å². The van der Waals surface area contributed by atoms with Crippen molar-refractivity contribution in [3.63, 3.8) is 0 Å². The van der Waals surface area contributed by atoms with Crippen LogP contribution in [0.15, 0.2) is 125 Å². The number of aliphatic imine (C=N–C) groups is 1. The van der Waals surface area contributed by atoms with E-state index in [1.807, 2.05) is 54.6 Å². The highest BCUT2D eigenvalue weighted by Crippen LogP contribution is 2.26. The van der Waals surface area contributed by atoms with E-state index in [0.29, 0.717) is 5.56 Å². The van der Waals surface area contributed by atoms with E-state index in [9.17, 15) is 4.79 Å². The number of benzene rings is 2. The molecule has 2 aromatic carbocycles. The highest BCUT2D eigenvalue weighted by Gasteiger charge is 2.16. The molecule has 3 heteroatoms. The van der Waals surface area contributed by atoms with E-state index >= 15 is 0 Å². The van der Waals surface area contributed by atoms with Crippen LogP contribution in [0.4, 0.5) is 0 Å². The van der Waals surface area contributed by atoms with Gasteiger partial charge in [0.15, 0.2) is 5.78 Å². The smallest absolute Gasteiger partial charge is 0.185 e. The Balaban J connectivity index is 1.24. The Morgan fingerprint density at radius 2 is 1.94 bits per heavy atom. The van der Waals surface area contributed by atoms with Crippen LogP contribution in [0.1, 0.15) is 47.2 Å². The number of ether oxygens (including phenoxy) is 1. The first-order chi connectivity index (χ1) is 17.7. The van der Waals surface area contributed by atoms with Crippen molar-refractivity contribution in [3.05, 3.63) is 137 Å². The quantitative estimate of drug-likeness (QED) is 0.312. The summed E-state index contributed by atoms with van der Waals surface area (Å²) in [5.74, 6) is 0.883. The second-order valence-corrected chi connectivity index (χ2v) is 9.26. The molecule has 0 N–H and O–H groups in total. The van der Waals surface area contributed by atoms with Crippen LogP contribution in [0, 0.1) is 0 Å². The molecule has 5 rings (SSSR count). The molecule has 1 unspecified atom stereocenters. The molecule has 180 valence electrons. The maximum atomic E-state index is 12.4. The van der Waals surface area contributed by atoms with Gasteiger partial charge >= 0.3 is 0 Å². The highest BCUT2D eigenvalue weighted by molar-refractivity contribution is 6.10. The van der Waals surface area contributed by atoms with Crippen molar-refractivity contribution < 1.29 is 9.53 Å². The molecule has 36 heavy (non-hydrogen) atoms. The van der Waals surface area contributed by atoms with Gasteiger partial charge in [-0.15, -0.1) is 0 Å². The van der Waals surface area contributed by atoms with Crippen molar-refractivity contribution in [1.29, 1.82) is 0 Å². The van der Waals surface area contributed by atoms with E-state index in [1.54, 1.807) is 6.08 Å². The zero-order valence-corrected chi connectivity index (χ0v) is 20.5. The molecular formula is C33H31NO2. The fourth-order valence-corrected chi connectivity index (χ4v) is 4.66. The Labute approximate surface area is 213 Å². The van der Waals surface area contributed by atoms with Gasteiger partial charge in [-0.2, -0.15) is 0 Å². The Morgan fingerprint density at radius 3 is 2.81 bits per heavy atom. The molecule has 0 bridgehead atoms. The Kier molecular flexibility index (Phi) is 7.67. The maximum Gasteiger partial charge on any atom is 0.185 e. The topological polar surface area (TPSA) is 38.7 Å². The summed E-state index contributed by atoms with van der Waals surface area (Å²) < 4.78 is 6.35. The van der Waals surface area contributed by atoms with Gasteiger partial charge in [-0.1, -0.05) is 72.9 Å². The van der Waals surface area contributed by atoms with Gasteiger partial charge in [-0.05, 0) is 78.8 Å². The van der Waals surface area contributed by atoms with Crippen molar-refractivity contribution in [1.82, 2.24) is 0 Å². The van der Waals surface area contributed by atoms with Gasteiger partial charge in [0.05, 0.1) is 5.71 Å². The lowest BCUT2D eigenvalue weighted by atomic mass is 9.98. The highest BCUT2D eigenvalue weighted by atomic mass is 16.5. The number of carbonyl (C=O) groups excluding carboxylic acids is 1. The van der Waals surface area contributed by atoms with Crippen molar-refractivity contribution in [2.45, 2.75) is 38.2 Å². The predicted molar refractivity (Wildman–Crippen MR) is 148 cm³/mol. The standard InChI is InChI=1S/C33H31NO2/c35-33(27-12-5-2-6-13-27)21-17-26-11-7-15-29(23-26)36-30-18-19-31-28(24-30)14-8-22-34-32(31)20-16-25-9-3-1-4-10-25/h2-3,5-7,9-13,15-21,24,29H,1,4,8,14,22-23H2/b20-16+,21-17+. The summed E-state index contributed by atoms with van der Waals surface area (Å²) in [6.45, 7) is 0.840. The minimum absolute atomic E-state index is 0.0107. The minimum Gasteiger partial charge on any atom is -0.486 e. The molecule has 0 saturated carbocycles. The molecule has 0 aromatic heterocycles. The van der Waals surface area contributed by atoms with E-state index < -0.39 is 0 Å². The average Bonchev–Trinajstić information content (AvgIpc) is 3.13. The fourth-order valence-electron chi connectivity index (χ4n) is 4.66. The summed E-state index contributed by atoms with van der Waals surface area (Å²) in [5, 5.41) is 0. The predicted octanol–water partition coefficient (Wildman–Crippen LogP) is 7.33. The van der Waals surface area contributed by atoms with E-state index in [0.717, 1.165) is 55.7 Å². The third-order valence-electron chi connectivity index (χ3n) is 6.56. The number of hydrogen-bond acceptors (Lipinski definition) is 3. The van der Waals surface area contributed by atoms with Gasteiger partial charge in [0.2, 0.25) is 0 Å². The third kappa shape index (κ3) is 6.17. The van der Waals surface area contributed by atoms with E-state index in [-0.39, 0.29) is 11.9 Å². The number of fused-ring (bicyclic) bond motifs is 1. The Bertz CT molecular complexity index is 1320. The molecule has 3 aliphatic rings. The number of aryl methyl sites for hydroxylation is 1. The molecule has 0 radical (unpaired) electrons. The van der Waals surface area contributed by atoms with Crippen molar-refractivity contribution in [2.24, 2.45) is 4.99 Å². The summed E-state index contributed by atoms with van der Waals surface area (Å²) >= 11 is 0. The second-order valence-electron chi connectivity index (χ2n) is 9.26.